The molecule has 1 atom stereocenters. The molecule has 8 aromatic rings. The van der Waals surface area contributed by atoms with Gasteiger partial charge in [-0.2, -0.15) is 0 Å². The SMILES string of the molecule is CC/C=C\C=C1/CC2(c3ccccc3S1)c1ccccc1-c1cccc(-c3ccc(-c4nc(-c5ccc(-c6ccccc6)cc5)nc5ccccc45)cc3)c12. The number of rotatable bonds is 6. The van der Waals surface area contributed by atoms with Gasteiger partial charge in [0.2, 0.25) is 0 Å². The van der Waals surface area contributed by atoms with Gasteiger partial charge in [0.15, 0.2) is 5.82 Å². The monoisotopic (exact) mass is 722 g/mol. The van der Waals surface area contributed by atoms with E-state index in [1.165, 1.54) is 59.9 Å². The topological polar surface area (TPSA) is 25.8 Å². The van der Waals surface area contributed by atoms with Crippen LogP contribution in [0.1, 0.15) is 36.5 Å². The van der Waals surface area contributed by atoms with Crippen molar-refractivity contribution in [2.24, 2.45) is 0 Å². The van der Waals surface area contributed by atoms with Crippen molar-refractivity contribution in [1.82, 2.24) is 9.97 Å². The number of hydrogen-bond donors (Lipinski definition) is 0. The summed E-state index contributed by atoms with van der Waals surface area (Å²) in [6.07, 6.45) is 8.76. The first kappa shape index (κ1) is 33.3. The van der Waals surface area contributed by atoms with Gasteiger partial charge in [-0.05, 0) is 80.0 Å². The fraction of sp³-hybridized carbons (Fsp3) is 0.0769. The van der Waals surface area contributed by atoms with E-state index in [-0.39, 0.29) is 5.41 Å². The van der Waals surface area contributed by atoms with Crippen LogP contribution in [0.5, 0.6) is 0 Å². The second kappa shape index (κ2) is 13.8. The Kier molecular flexibility index (Phi) is 8.38. The van der Waals surface area contributed by atoms with Crippen molar-refractivity contribution in [3.05, 3.63) is 210 Å². The summed E-state index contributed by atoms with van der Waals surface area (Å²) < 4.78 is 0. The summed E-state index contributed by atoms with van der Waals surface area (Å²) in [6, 6.07) is 61.5. The fourth-order valence-electron chi connectivity index (χ4n) is 8.69. The smallest absolute Gasteiger partial charge is 0.160 e. The molecule has 1 aliphatic carbocycles. The second-order valence-corrected chi connectivity index (χ2v) is 15.5. The number of benzene rings is 7. The zero-order valence-electron chi connectivity index (χ0n) is 30.6. The van der Waals surface area contributed by atoms with Gasteiger partial charge < -0.3 is 0 Å². The molecule has 3 heteroatoms. The van der Waals surface area contributed by atoms with Gasteiger partial charge >= 0.3 is 0 Å². The van der Waals surface area contributed by atoms with Crippen LogP contribution in [0.2, 0.25) is 0 Å². The van der Waals surface area contributed by atoms with Crippen LogP contribution in [0, 0.1) is 0 Å². The van der Waals surface area contributed by atoms with Crippen molar-refractivity contribution >= 4 is 22.7 Å². The minimum Gasteiger partial charge on any atom is -0.228 e. The second-order valence-electron chi connectivity index (χ2n) is 14.4. The number of thioether (sulfide) groups is 1. The molecule has 55 heavy (non-hydrogen) atoms. The van der Waals surface area contributed by atoms with Gasteiger partial charge in [-0.25, -0.2) is 9.97 Å². The third-order valence-electron chi connectivity index (χ3n) is 11.2. The average molecular weight is 723 g/mol. The molecule has 0 saturated carbocycles. The van der Waals surface area contributed by atoms with E-state index in [1.54, 1.807) is 0 Å². The van der Waals surface area contributed by atoms with Crippen molar-refractivity contribution in [3.63, 3.8) is 0 Å². The third kappa shape index (κ3) is 5.66. The zero-order chi connectivity index (χ0) is 36.8. The summed E-state index contributed by atoms with van der Waals surface area (Å²) in [4.78, 5) is 13.0. The highest BCUT2D eigenvalue weighted by atomic mass is 32.2. The van der Waals surface area contributed by atoms with Gasteiger partial charge in [-0.3, -0.25) is 0 Å². The maximum Gasteiger partial charge on any atom is 0.160 e. The van der Waals surface area contributed by atoms with Crippen molar-refractivity contribution in [1.29, 1.82) is 0 Å². The Labute approximate surface area is 327 Å². The van der Waals surface area contributed by atoms with Gasteiger partial charge in [0.25, 0.3) is 0 Å². The molecule has 0 N–H and O–H groups in total. The highest BCUT2D eigenvalue weighted by Crippen LogP contribution is 2.63. The van der Waals surface area contributed by atoms with Gasteiger partial charge in [0, 0.05) is 21.4 Å². The van der Waals surface area contributed by atoms with Crippen LogP contribution in [0.4, 0.5) is 0 Å². The Balaban J connectivity index is 1.09. The predicted octanol–water partition coefficient (Wildman–Crippen LogP) is 14.0. The van der Waals surface area contributed by atoms with Crippen LogP contribution >= 0.6 is 11.8 Å². The maximum atomic E-state index is 5.24. The van der Waals surface area contributed by atoms with E-state index < -0.39 is 0 Å². The average Bonchev–Trinajstić information content (AvgIpc) is 3.53. The molecule has 0 radical (unpaired) electrons. The summed E-state index contributed by atoms with van der Waals surface area (Å²) in [5.74, 6) is 0.726. The first-order valence-electron chi connectivity index (χ1n) is 19.1. The lowest BCUT2D eigenvalue weighted by atomic mass is 9.68. The quantitative estimate of drug-likeness (QED) is 0.171. The third-order valence-corrected chi connectivity index (χ3v) is 12.3. The van der Waals surface area contributed by atoms with Gasteiger partial charge in [-0.15, -0.1) is 0 Å². The predicted molar refractivity (Wildman–Crippen MR) is 231 cm³/mol. The van der Waals surface area contributed by atoms with Crippen LogP contribution in [-0.4, -0.2) is 9.97 Å². The Hall–Kier alpha value is -6.29. The Morgan fingerprint density at radius 1 is 0.545 bits per heavy atom. The largest absolute Gasteiger partial charge is 0.228 e. The molecular formula is C52H38N2S. The Bertz CT molecular complexity index is 2780. The van der Waals surface area contributed by atoms with Crippen molar-refractivity contribution in [3.8, 4) is 56.0 Å². The number of para-hydroxylation sites is 1. The lowest BCUT2D eigenvalue weighted by Gasteiger charge is -2.40. The summed E-state index contributed by atoms with van der Waals surface area (Å²) >= 11 is 1.92. The highest BCUT2D eigenvalue weighted by molar-refractivity contribution is 8.03. The molecule has 1 spiro atoms. The van der Waals surface area contributed by atoms with E-state index in [4.69, 9.17) is 9.97 Å². The lowest BCUT2D eigenvalue weighted by Crippen LogP contribution is -2.31. The molecule has 10 rings (SSSR count). The molecule has 1 aromatic heterocycles. The molecule has 2 heterocycles. The van der Waals surface area contributed by atoms with Gasteiger partial charge in [-0.1, -0.05) is 195 Å². The molecular weight excluding hydrogens is 685 g/mol. The Morgan fingerprint density at radius 2 is 1.18 bits per heavy atom. The van der Waals surface area contributed by atoms with E-state index in [2.05, 4.69) is 189 Å². The van der Waals surface area contributed by atoms with Crippen LogP contribution in [0.15, 0.2) is 198 Å². The van der Waals surface area contributed by atoms with Crippen LogP contribution < -0.4 is 0 Å². The van der Waals surface area contributed by atoms with E-state index >= 15 is 0 Å². The van der Waals surface area contributed by atoms with Gasteiger partial charge in [0.1, 0.15) is 0 Å². The number of fused-ring (bicyclic) bond motifs is 8. The minimum absolute atomic E-state index is 0.303. The minimum atomic E-state index is -0.303. The van der Waals surface area contributed by atoms with Crippen LogP contribution in [0.3, 0.4) is 0 Å². The number of nitrogens with zero attached hydrogens (tertiary/aromatic N) is 2. The molecule has 0 saturated heterocycles. The molecule has 0 fully saturated rings. The molecule has 1 aliphatic heterocycles. The summed E-state index contributed by atoms with van der Waals surface area (Å²) in [5, 5.41) is 1.04. The maximum absolute atomic E-state index is 5.24. The molecule has 2 aliphatic rings. The molecule has 1 unspecified atom stereocenters. The highest BCUT2D eigenvalue weighted by Gasteiger charge is 2.49. The van der Waals surface area contributed by atoms with Crippen molar-refractivity contribution in [2.45, 2.75) is 30.1 Å². The van der Waals surface area contributed by atoms with E-state index in [1.807, 2.05) is 17.8 Å². The first-order valence-corrected chi connectivity index (χ1v) is 19.9. The van der Waals surface area contributed by atoms with Gasteiger partial charge in [0.05, 0.1) is 16.6 Å². The number of aromatic nitrogens is 2. The first-order chi connectivity index (χ1) is 27.2. The normalized spacial score (nSPS) is 16.4. The van der Waals surface area contributed by atoms with Crippen molar-refractivity contribution in [2.75, 3.05) is 0 Å². The number of hydrogen-bond acceptors (Lipinski definition) is 3. The van der Waals surface area contributed by atoms with Crippen LogP contribution in [0.25, 0.3) is 66.9 Å². The molecule has 0 amide bonds. The summed E-state index contributed by atoms with van der Waals surface area (Å²) in [6.45, 7) is 2.19. The van der Waals surface area contributed by atoms with E-state index in [0.29, 0.717) is 0 Å². The lowest BCUT2D eigenvalue weighted by molar-refractivity contribution is 0.621. The van der Waals surface area contributed by atoms with Crippen LogP contribution in [-0.2, 0) is 5.41 Å². The van der Waals surface area contributed by atoms with E-state index in [9.17, 15) is 0 Å². The number of allylic oxidation sites excluding steroid dienone is 4. The van der Waals surface area contributed by atoms with Crippen molar-refractivity contribution < 1.29 is 0 Å². The zero-order valence-corrected chi connectivity index (χ0v) is 31.4. The summed E-state index contributed by atoms with van der Waals surface area (Å²) in [7, 11) is 0. The Morgan fingerprint density at radius 3 is 2.02 bits per heavy atom. The summed E-state index contributed by atoms with van der Waals surface area (Å²) in [5.41, 5.74) is 15.3. The molecule has 2 nitrogen and oxygen atoms in total. The molecule has 0 bridgehead atoms. The molecule has 7 aromatic carbocycles. The fourth-order valence-corrected chi connectivity index (χ4v) is 9.90. The standard InChI is InChI=1S/C52H38N2S/c1-2-3-5-17-40-34-52(46-23-11-13-25-48(46)55-40)45-22-10-8-18-42(45)43-21-14-20-41(49(43)52)37-28-30-38(31-29-37)50-44-19-9-12-24-47(44)53-51(54-50)39-32-26-36(27-33-39)35-15-6-4-7-16-35/h3-33H,2,34H2,1H3/b5-3-,40-17+. The van der Waals surface area contributed by atoms with E-state index in [0.717, 1.165) is 46.4 Å². The molecule has 262 valence electrons.